The predicted molar refractivity (Wildman–Crippen MR) is 67.9 cm³/mol. The van der Waals surface area contributed by atoms with Gasteiger partial charge in [-0.2, -0.15) is 0 Å². The van der Waals surface area contributed by atoms with Gasteiger partial charge in [0.15, 0.2) is 0 Å². The molecule has 0 aliphatic heterocycles. The Balaban J connectivity index is 2.87. The smallest absolute Gasteiger partial charge is 0.252 e. The number of aliphatic hydroxyl groups excluding tert-OH is 1. The van der Waals surface area contributed by atoms with Gasteiger partial charge in [-0.1, -0.05) is 12.1 Å². The minimum absolute atomic E-state index is 0.0475. The van der Waals surface area contributed by atoms with Crippen LogP contribution in [-0.4, -0.2) is 23.7 Å². The minimum atomic E-state index is -0.214. The number of amides is 1. The van der Waals surface area contributed by atoms with Crippen LogP contribution in [0.3, 0.4) is 0 Å². The number of hydrogen-bond donors (Lipinski definition) is 2. The molecule has 0 unspecified atom stereocenters. The number of aliphatic hydroxyl groups is 1. The summed E-state index contributed by atoms with van der Waals surface area (Å²) in [6.07, 6.45) is 0. The largest absolute Gasteiger partial charge is 0.394 e. The quantitative estimate of drug-likeness (QED) is 0.834. The Bertz CT molecular complexity index is 366. The Labute approximate surface area is 103 Å². The van der Waals surface area contributed by atoms with Crippen molar-refractivity contribution in [3.8, 4) is 0 Å². The first-order valence-corrected chi connectivity index (χ1v) is 5.81. The second kappa shape index (κ2) is 5.46. The average Bonchev–Trinajstić information content (AvgIpc) is 2.21. The Kier molecular flexibility index (Phi) is 4.53. The molecule has 0 aromatic heterocycles. The molecule has 0 heterocycles. The highest BCUT2D eigenvalue weighted by Crippen LogP contribution is 2.16. The molecule has 0 fully saturated rings. The standard InChI is InChI=1S/C11H14INO2/c1-7-4-3-5-9(10(7)12)11(15)13-8(2)6-14/h3-5,8,14H,6H2,1-2H3,(H,13,15)/t8-/m0/s1. The van der Waals surface area contributed by atoms with E-state index in [2.05, 4.69) is 27.9 Å². The number of hydrogen-bond acceptors (Lipinski definition) is 2. The van der Waals surface area contributed by atoms with Crippen LogP contribution >= 0.6 is 22.6 Å². The van der Waals surface area contributed by atoms with Crippen LogP contribution in [0.15, 0.2) is 18.2 Å². The van der Waals surface area contributed by atoms with Gasteiger partial charge in [-0.15, -0.1) is 0 Å². The summed E-state index contributed by atoms with van der Waals surface area (Å²) < 4.78 is 0.956. The Morgan fingerprint density at radius 3 is 2.87 bits per heavy atom. The van der Waals surface area contributed by atoms with E-state index < -0.39 is 0 Å². The van der Waals surface area contributed by atoms with Crippen molar-refractivity contribution in [2.24, 2.45) is 0 Å². The fourth-order valence-corrected chi connectivity index (χ4v) is 1.77. The molecule has 1 amide bonds. The zero-order valence-electron chi connectivity index (χ0n) is 8.75. The SMILES string of the molecule is Cc1cccc(C(=O)N[C@@H](C)CO)c1I. The molecule has 0 bridgehead atoms. The van der Waals surface area contributed by atoms with E-state index in [4.69, 9.17) is 5.11 Å². The Morgan fingerprint density at radius 1 is 1.60 bits per heavy atom. The summed E-state index contributed by atoms with van der Waals surface area (Å²) in [6.45, 7) is 3.68. The van der Waals surface area contributed by atoms with Gasteiger partial charge in [0, 0.05) is 9.61 Å². The van der Waals surface area contributed by atoms with E-state index >= 15 is 0 Å². The molecule has 0 aliphatic carbocycles. The number of aryl methyl sites for hydroxylation is 1. The van der Waals surface area contributed by atoms with E-state index in [0.29, 0.717) is 5.56 Å². The lowest BCUT2D eigenvalue weighted by molar-refractivity contribution is 0.0921. The summed E-state index contributed by atoms with van der Waals surface area (Å²) in [6, 6.07) is 5.40. The van der Waals surface area contributed by atoms with Gasteiger partial charge in [-0.05, 0) is 48.1 Å². The highest BCUT2D eigenvalue weighted by Gasteiger charge is 2.12. The van der Waals surface area contributed by atoms with Crippen LogP contribution in [0.25, 0.3) is 0 Å². The van der Waals surface area contributed by atoms with Crippen molar-refractivity contribution in [1.82, 2.24) is 5.32 Å². The van der Waals surface area contributed by atoms with Gasteiger partial charge in [0.2, 0.25) is 0 Å². The third-order valence-electron chi connectivity index (χ3n) is 2.09. The molecular weight excluding hydrogens is 305 g/mol. The molecule has 0 spiro atoms. The molecule has 0 radical (unpaired) electrons. The van der Waals surface area contributed by atoms with Crippen molar-refractivity contribution >= 4 is 28.5 Å². The van der Waals surface area contributed by atoms with Gasteiger partial charge in [0.1, 0.15) is 0 Å². The summed E-state index contributed by atoms with van der Waals surface area (Å²) in [5.41, 5.74) is 1.75. The van der Waals surface area contributed by atoms with Crippen LogP contribution in [-0.2, 0) is 0 Å². The molecule has 82 valence electrons. The van der Waals surface area contributed by atoms with Gasteiger partial charge < -0.3 is 10.4 Å². The lowest BCUT2D eigenvalue weighted by atomic mass is 10.1. The first-order valence-electron chi connectivity index (χ1n) is 4.73. The van der Waals surface area contributed by atoms with Crippen molar-refractivity contribution in [1.29, 1.82) is 0 Å². The molecule has 1 rings (SSSR count). The van der Waals surface area contributed by atoms with Gasteiger partial charge >= 0.3 is 0 Å². The van der Waals surface area contributed by atoms with E-state index in [1.165, 1.54) is 0 Å². The van der Waals surface area contributed by atoms with E-state index in [9.17, 15) is 4.79 Å². The topological polar surface area (TPSA) is 49.3 Å². The molecule has 0 saturated heterocycles. The fourth-order valence-electron chi connectivity index (χ4n) is 1.17. The maximum atomic E-state index is 11.8. The number of halogens is 1. The monoisotopic (exact) mass is 319 g/mol. The Hall–Kier alpha value is -0.620. The lowest BCUT2D eigenvalue weighted by Crippen LogP contribution is -2.35. The van der Waals surface area contributed by atoms with Crippen molar-refractivity contribution in [2.45, 2.75) is 19.9 Å². The molecule has 2 N–H and O–H groups in total. The maximum Gasteiger partial charge on any atom is 0.252 e. The summed E-state index contributed by atoms with van der Waals surface area (Å²) in [4.78, 5) is 11.8. The number of nitrogens with one attached hydrogen (secondary N) is 1. The summed E-state index contributed by atoms with van der Waals surface area (Å²) >= 11 is 2.16. The first kappa shape index (κ1) is 12.4. The zero-order valence-corrected chi connectivity index (χ0v) is 10.9. The van der Waals surface area contributed by atoms with Crippen LogP contribution in [0.4, 0.5) is 0 Å². The number of carbonyl (C=O) groups excluding carboxylic acids is 1. The van der Waals surface area contributed by atoms with E-state index in [0.717, 1.165) is 9.13 Å². The summed E-state index contributed by atoms with van der Waals surface area (Å²) in [5.74, 6) is -0.135. The van der Waals surface area contributed by atoms with Crippen molar-refractivity contribution in [2.75, 3.05) is 6.61 Å². The van der Waals surface area contributed by atoms with Gasteiger partial charge in [0.05, 0.1) is 12.2 Å². The normalized spacial score (nSPS) is 12.3. The van der Waals surface area contributed by atoms with E-state index in [1.807, 2.05) is 19.1 Å². The third-order valence-corrected chi connectivity index (χ3v) is 3.52. The van der Waals surface area contributed by atoms with Crippen LogP contribution in [0, 0.1) is 10.5 Å². The molecule has 0 aliphatic rings. The number of rotatable bonds is 3. The lowest BCUT2D eigenvalue weighted by Gasteiger charge is -2.12. The molecule has 3 nitrogen and oxygen atoms in total. The molecule has 0 saturated carbocycles. The first-order chi connectivity index (χ1) is 7.06. The fraction of sp³-hybridized carbons (Fsp3) is 0.364. The summed E-state index contributed by atoms with van der Waals surface area (Å²) in [5, 5.41) is 11.6. The number of carbonyl (C=O) groups is 1. The predicted octanol–water partition coefficient (Wildman–Crippen LogP) is 1.71. The zero-order chi connectivity index (χ0) is 11.4. The summed E-state index contributed by atoms with van der Waals surface area (Å²) in [7, 11) is 0. The van der Waals surface area contributed by atoms with Crippen molar-refractivity contribution in [3.63, 3.8) is 0 Å². The molecular formula is C11H14INO2. The third kappa shape index (κ3) is 3.17. The van der Waals surface area contributed by atoms with Crippen LogP contribution in [0.2, 0.25) is 0 Å². The van der Waals surface area contributed by atoms with Crippen molar-refractivity contribution in [3.05, 3.63) is 32.9 Å². The highest BCUT2D eigenvalue weighted by atomic mass is 127. The minimum Gasteiger partial charge on any atom is -0.394 e. The van der Waals surface area contributed by atoms with Crippen molar-refractivity contribution < 1.29 is 9.90 Å². The second-order valence-corrected chi connectivity index (χ2v) is 4.57. The molecule has 15 heavy (non-hydrogen) atoms. The van der Waals surface area contributed by atoms with E-state index in [1.54, 1.807) is 13.0 Å². The average molecular weight is 319 g/mol. The van der Waals surface area contributed by atoms with E-state index in [-0.39, 0.29) is 18.6 Å². The highest BCUT2D eigenvalue weighted by molar-refractivity contribution is 14.1. The van der Waals surface area contributed by atoms with Gasteiger partial charge in [-0.3, -0.25) is 4.79 Å². The van der Waals surface area contributed by atoms with Crippen LogP contribution < -0.4 is 5.32 Å². The molecule has 1 aromatic carbocycles. The Morgan fingerprint density at radius 2 is 2.27 bits per heavy atom. The van der Waals surface area contributed by atoms with Crippen LogP contribution in [0.1, 0.15) is 22.8 Å². The maximum absolute atomic E-state index is 11.8. The second-order valence-electron chi connectivity index (χ2n) is 3.49. The van der Waals surface area contributed by atoms with Crippen LogP contribution in [0.5, 0.6) is 0 Å². The van der Waals surface area contributed by atoms with Gasteiger partial charge in [0.25, 0.3) is 5.91 Å². The molecule has 4 heteroatoms. The van der Waals surface area contributed by atoms with Gasteiger partial charge in [-0.25, -0.2) is 0 Å². The number of benzene rings is 1. The molecule has 1 aromatic rings. The molecule has 1 atom stereocenters.